The maximum Gasteiger partial charge on any atom is 0.137 e. The molecular weight excluding hydrogens is 293 g/mol. The number of pyridine rings is 1. The van der Waals surface area contributed by atoms with Crippen LogP contribution in [0.15, 0.2) is 42.6 Å². The Morgan fingerprint density at radius 3 is 2.55 bits per heavy atom. The Hall–Kier alpha value is -2.02. The normalized spacial score (nSPS) is 10.7. The van der Waals surface area contributed by atoms with E-state index in [1.165, 1.54) is 0 Å². The van der Waals surface area contributed by atoms with Gasteiger partial charge in [0, 0.05) is 11.8 Å². The SMILES string of the molecule is N#Cc1ccc(-c2nc3ccc(Cl)cn3c2CCl)cc1. The number of hydrogen-bond acceptors (Lipinski definition) is 2. The van der Waals surface area contributed by atoms with E-state index < -0.39 is 0 Å². The summed E-state index contributed by atoms with van der Waals surface area (Å²) in [5.41, 5.74) is 4.04. The smallest absolute Gasteiger partial charge is 0.137 e. The first-order valence-corrected chi connectivity index (χ1v) is 6.87. The van der Waals surface area contributed by atoms with Crippen LogP contribution in [0.3, 0.4) is 0 Å². The Kier molecular flexibility index (Phi) is 3.35. The first kappa shape index (κ1) is 13.0. The van der Waals surface area contributed by atoms with Crippen molar-refractivity contribution in [2.24, 2.45) is 0 Å². The van der Waals surface area contributed by atoms with Crippen molar-refractivity contribution in [3.05, 3.63) is 58.9 Å². The summed E-state index contributed by atoms with van der Waals surface area (Å²) in [7, 11) is 0. The third-order valence-corrected chi connectivity index (χ3v) is 3.57. The van der Waals surface area contributed by atoms with E-state index in [0.29, 0.717) is 16.5 Å². The van der Waals surface area contributed by atoms with Gasteiger partial charge in [-0.1, -0.05) is 23.7 Å². The van der Waals surface area contributed by atoms with Gasteiger partial charge in [0.15, 0.2) is 0 Å². The van der Waals surface area contributed by atoms with Crippen LogP contribution in [-0.2, 0) is 5.88 Å². The maximum absolute atomic E-state index is 8.84. The average molecular weight is 302 g/mol. The molecule has 0 aliphatic carbocycles. The van der Waals surface area contributed by atoms with E-state index in [-0.39, 0.29) is 0 Å². The van der Waals surface area contributed by atoms with E-state index in [9.17, 15) is 0 Å². The van der Waals surface area contributed by atoms with Crippen molar-refractivity contribution in [2.75, 3.05) is 0 Å². The van der Waals surface area contributed by atoms with Crippen molar-refractivity contribution in [3.63, 3.8) is 0 Å². The second-order valence-electron chi connectivity index (χ2n) is 4.31. The number of alkyl halides is 1. The van der Waals surface area contributed by atoms with E-state index >= 15 is 0 Å². The molecule has 0 aliphatic heterocycles. The van der Waals surface area contributed by atoms with Crippen molar-refractivity contribution >= 4 is 28.8 Å². The summed E-state index contributed by atoms with van der Waals surface area (Å²) in [5, 5.41) is 9.47. The summed E-state index contributed by atoms with van der Waals surface area (Å²) in [6, 6.07) is 13.0. The maximum atomic E-state index is 8.84. The molecule has 0 N–H and O–H groups in total. The molecule has 2 heterocycles. The highest BCUT2D eigenvalue weighted by molar-refractivity contribution is 6.30. The monoisotopic (exact) mass is 301 g/mol. The van der Waals surface area contributed by atoms with Crippen LogP contribution >= 0.6 is 23.2 Å². The minimum absolute atomic E-state index is 0.330. The predicted octanol–water partition coefficient (Wildman–Crippen LogP) is 4.27. The van der Waals surface area contributed by atoms with E-state index in [1.807, 2.05) is 22.6 Å². The van der Waals surface area contributed by atoms with Crippen molar-refractivity contribution in [2.45, 2.75) is 5.88 Å². The fourth-order valence-electron chi connectivity index (χ4n) is 2.13. The van der Waals surface area contributed by atoms with Crippen LogP contribution < -0.4 is 0 Å². The van der Waals surface area contributed by atoms with Gasteiger partial charge in [0.1, 0.15) is 5.65 Å². The zero-order valence-electron chi connectivity index (χ0n) is 10.3. The van der Waals surface area contributed by atoms with Gasteiger partial charge in [-0.05, 0) is 24.3 Å². The lowest BCUT2D eigenvalue weighted by Gasteiger charge is -2.02. The molecule has 1 aromatic carbocycles. The molecule has 2 aromatic heterocycles. The van der Waals surface area contributed by atoms with Crippen molar-refractivity contribution in [1.29, 1.82) is 5.26 Å². The lowest BCUT2D eigenvalue weighted by molar-refractivity contribution is 1.09. The van der Waals surface area contributed by atoms with E-state index in [1.54, 1.807) is 24.4 Å². The number of halogens is 2. The van der Waals surface area contributed by atoms with Crippen LogP contribution in [0.5, 0.6) is 0 Å². The molecule has 0 unspecified atom stereocenters. The van der Waals surface area contributed by atoms with E-state index in [0.717, 1.165) is 22.6 Å². The van der Waals surface area contributed by atoms with Crippen molar-refractivity contribution in [3.8, 4) is 17.3 Å². The van der Waals surface area contributed by atoms with Gasteiger partial charge < -0.3 is 4.40 Å². The molecule has 0 aliphatic rings. The second kappa shape index (κ2) is 5.16. The highest BCUT2D eigenvalue weighted by Crippen LogP contribution is 2.27. The number of benzene rings is 1. The quantitative estimate of drug-likeness (QED) is 0.663. The minimum atomic E-state index is 0.330. The molecule has 20 heavy (non-hydrogen) atoms. The highest BCUT2D eigenvalue weighted by atomic mass is 35.5. The number of nitrogens with zero attached hydrogens (tertiary/aromatic N) is 3. The van der Waals surface area contributed by atoms with Crippen LogP contribution in [0.4, 0.5) is 0 Å². The van der Waals surface area contributed by atoms with Gasteiger partial charge in [-0.2, -0.15) is 5.26 Å². The van der Waals surface area contributed by atoms with Gasteiger partial charge in [-0.3, -0.25) is 0 Å². The summed E-state index contributed by atoms with van der Waals surface area (Å²) in [6.07, 6.45) is 1.80. The largest absolute Gasteiger partial charge is 0.301 e. The second-order valence-corrected chi connectivity index (χ2v) is 5.01. The number of aromatic nitrogens is 2. The molecular formula is C15H9Cl2N3. The molecule has 0 radical (unpaired) electrons. The standard InChI is InChI=1S/C15H9Cl2N3/c16-7-13-15(11-3-1-10(8-18)2-4-11)19-14-6-5-12(17)9-20(13)14/h1-6,9H,7H2. The Labute approximate surface area is 126 Å². The third-order valence-electron chi connectivity index (χ3n) is 3.10. The van der Waals surface area contributed by atoms with Gasteiger partial charge in [-0.15, -0.1) is 11.6 Å². The van der Waals surface area contributed by atoms with Crippen molar-refractivity contribution < 1.29 is 0 Å². The lowest BCUT2D eigenvalue weighted by atomic mass is 10.1. The summed E-state index contributed by atoms with van der Waals surface area (Å²) in [4.78, 5) is 4.59. The molecule has 0 saturated heterocycles. The molecule has 0 atom stereocenters. The number of hydrogen-bond donors (Lipinski definition) is 0. The van der Waals surface area contributed by atoms with E-state index in [2.05, 4.69) is 11.1 Å². The van der Waals surface area contributed by atoms with Crippen LogP contribution in [0.2, 0.25) is 5.02 Å². The zero-order valence-corrected chi connectivity index (χ0v) is 11.9. The summed E-state index contributed by atoms with van der Waals surface area (Å²) >= 11 is 12.1. The molecule has 0 spiro atoms. The third kappa shape index (κ3) is 2.14. The average Bonchev–Trinajstić information content (AvgIpc) is 2.85. The van der Waals surface area contributed by atoms with Gasteiger partial charge in [-0.25, -0.2) is 4.98 Å². The number of imidazole rings is 1. The van der Waals surface area contributed by atoms with Gasteiger partial charge in [0.05, 0.1) is 33.9 Å². The van der Waals surface area contributed by atoms with Crippen LogP contribution in [-0.4, -0.2) is 9.38 Å². The van der Waals surface area contributed by atoms with Gasteiger partial charge in [0.2, 0.25) is 0 Å². The molecule has 98 valence electrons. The summed E-state index contributed by atoms with van der Waals surface area (Å²) < 4.78 is 1.89. The molecule has 0 bridgehead atoms. The van der Waals surface area contributed by atoms with Crippen LogP contribution in [0.25, 0.3) is 16.9 Å². The number of nitriles is 1. The van der Waals surface area contributed by atoms with Crippen LogP contribution in [0.1, 0.15) is 11.3 Å². The molecule has 5 heteroatoms. The first-order chi connectivity index (χ1) is 9.72. The highest BCUT2D eigenvalue weighted by Gasteiger charge is 2.13. The topological polar surface area (TPSA) is 41.1 Å². The Bertz CT molecular complexity index is 813. The molecule has 0 amide bonds. The molecule has 0 fully saturated rings. The Morgan fingerprint density at radius 1 is 1.15 bits per heavy atom. The van der Waals surface area contributed by atoms with Gasteiger partial charge >= 0.3 is 0 Å². The Morgan fingerprint density at radius 2 is 1.90 bits per heavy atom. The first-order valence-electron chi connectivity index (χ1n) is 5.96. The van der Waals surface area contributed by atoms with Crippen LogP contribution in [0, 0.1) is 11.3 Å². The minimum Gasteiger partial charge on any atom is -0.301 e. The molecule has 0 saturated carbocycles. The van der Waals surface area contributed by atoms with E-state index in [4.69, 9.17) is 28.5 Å². The van der Waals surface area contributed by atoms with Gasteiger partial charge in [0.25, 0.3) is 0 Å². The fraction of sp³-hybridized carbons (Fsp3) is 0.0667. The fourth-order valence-corrected chi connectivity index (χ4v) is 2.54. The number of fused-ring (bicyclic) bond motifs is 1. The lowest BCUT2D eigenvalue weighted by Crippen LogP contribution is -1.91. The molecule has 3 aromatic rings. The zero-order chi connectivity index (χ0) is 14.1. The number of rotatable bonds is 2. The summed E-state index contributed by atoms with van der Waals surface area (Å²) in [5.74, 6) is 0.330. The molecule has 3 nitrogen and oxygen atoms in total. The Balaban J connectivity index is 2.22. The van der Waals surface area contributed by atoms with Crippen molar-refractivity contribution in [1.82, 2.24) is 9.38 Å². The predicted molar refractivity (Wildman–Crippen MR) is 79.9 cm³/mol. The summed E-state index contributed by atoms with van der Waals surface area (Å²) in [6.45, 7) is 0. The molecule has 3 rings (SSSR count).